The molecule has 0 fully saturated rings. The molecule has 1 heterocycles. The van der Waals surface area contributed by atoms with E-state index in [1.807, 2.05) is 36.4 Å². The molecule has 1 amide bonds. The van der Waals surface area contributed by atoms with E-state index in [0.29, 0.717) is 18.2 Å². The molecule has 0 aliphatic rings. The van der Waals surface area contributed by atoms with Gasteiger partial charge in [-0.05, 0) is 23.6 Å². The zero-order valence-corrected chi connectivity index (χ0v) is 14.5. The van der Waals surface area contributed by atoms with E-state index in [1.54, 1.807) is 11.3 Å². The highest BCUT2D eigenvalue weighted by Gasteiger charge is 2.10. The zero-order valence-electron chi connectivity index (χ0n) is 12.9. The van der Waals surface area contributed by atoms with Crippen molar-refractivity contribution in [1.82, 2.24) is 10.3 Å². The second kappa shape index (κ2) is 7.62. The molecule has 3 nitrogen and oxygen atoms in total. The van der Waals surface area contributed by atoms with Gasteiger partial charge in [0, 0.05) is 6.54 Å². The van der Waals surface area contributed by atoms with Gasteiger partial charge < -0.3 is 5.32 Å². The van der Waals surface area contributed by atoms with Crippen molar-refractivity contribution in [3.63, 3.8) is 0 Å². The Morgan fingerprint density at radius 1 is 1.17 bits per heavy atom. The maximum Gasteiger partial charge on any atom is 0.230 e. The molecular weight excluding hydrogens is 324 g/mol. The van der Waals surface area contributed by atoms with Gasteiger partial charge >= 0.3 is 0 Å². The number of thioether (sulfide) groups is 1. The summed E-state index contributed by atoms with van der Waals surface area (Å²) in [6.07, 6.45) is 0. The molecule has 3 aromatic rings. The lowest BCUT2D eigenvalue weighted by atomic mass is 10.0. The Balaban J connectivity index is 1.48. The average Bonchev–Trinajstić information content (AvgIpc) is 3.01. The highest BCUT2D eigenvalue weighted by molar-refractivity contribution is 8.01. The van der Waals surface area contributed by atoms with Crippen molar-refractivity contribution in [2.24, 2.45) is 0 Å². The van der Waals surface area contributed by atoms with Crippen molar-refractivity contribution in [3.05, 3.63) is 60.2 Å². The van der Waals surface area contributed by atoms with Gasteiger partial charge in [-0.15, -0.1) is 11.3 Å². The second-order valence-corrected chi connectivity index (χ2v) is 7.61. The Hall–Kier alpha value is -1.85. The van der Waals surface area contributed by atoms with Crippen LogP contribution in [0.5, 0.6) is 0 Å². The minimum Gasteiger partial charge on any atom is -0.355 e. The van der Waals surface area contributed by atoms with Crippen molar-refractivity contribution in [2.75, 3.05) is 12.3 Å². The summed E-state index contributed by atoms with van der Waals surface area (Å²) in [6.45, 7) is 2.78. The predicted molar refractivity (Wildman–Crippen MR) is 98.2 cm³/mol. The third kappa shape index (κ3) is 4.33. The second-order valence-electron chi connectivity index (χ2n) is 5.35. The molecule has 0 bridgehead atoms. The predicted octanol–water partition coefficient (Wildman–Crippen LogP) is 4.31. The highest BCUT2D eigenvalue weighted by Crippen LogP contribution is 2.29. The first kappa shape index (κ1) is 16.0. The fourth-order valence-electron chi connectivity index (χ4n) is 2.26. The highest BCUT2D eigenvalue weighted by atomic mass is 32.2. The molecule has 3 rings (SSSR count). The van der Waals surface area contributed by atoms with Gasteiger partial charge in [-0.25, -0.2) is 4.98 Å². The van der Waals surface area contributed by atoms with E-state index >= 15 is 0 Å². The first-order valence-corrected chi connectivity index (χ1v) is 9.32. The maximum absolute atomic E-state index is 12.0. The average molecular weight is 342 g/mol. The molecule has 1 N–H and O–H groups in total. The molecule has 0 saturated carbocycles. The summed E-state index contributed by atoms with van der Waals surface area (Å²) < 4.78 is 2.10. The molecule has 1 unspecified atom stereocenters. The van der Waals surface area contributed by atoms with E-state index in [9.17, 15) is 4.79 Å². The van der Waals surface area contributed by atoms with Gasteiger partial charge in [-0.1, -0.05) is 61.2 Å². The van der Waals surface area contributed by atoms with Gasteiger partial charge in [-0.3, -0.25) is 4.79 Å². The molecule has 1 aromatic heterocycles. The fraction of sp³-hybridized carbons (Fsp3) is 0.222. The normalized spacial score (nSPS) is 12.2. The minimum atomic E-state index is 0.0528. The lowest BCUT2D eigenvalue weighted by molar-refractivity contribution is -0.118. The van der Waals surface area contributed by atoms with Crippen LogP contribution in [0, 0.1) is 0 Å². The van der Waals surface area contributed by atoms with Gasteiger partial charge in [0.05, 0.1) is 16.0 Å². The van der Waals surface area contributed by atoms with Crippen molar-refractivity contribution in [3.8, 4) is 0 Å². The van der Waals surface area contributed by atoms with E-state index in [2.05, 4.69) is 35.4 Å². The summed E-state index contributed by atoms with van der Waals surface area (Å²) >= 11 is 3.13. The van der Waals surface area contributed by atoms with Crippen LogP contribution in [0.25, 0.3) is 10.2 Å². The Morgan fingerprint density at radius 3 is 2.70 bits per heavy atom. The third-order valence-corrected chi connectivity index (χ3v) is 5.75. The van der Waals surface area contributed by atoms with Gasteiger partial charge in [0.15, 0.2) is 4.34 Å². The molecule has 0 aliphatic carbocycles. The summed E-state index contributed by atoms with van der Waals surface area (Å²) in [5.74, 6) is 0.770. The van der Waals surface area contributed by atoms with Crippen LogP contribution in [0.15, 0.2) is 58.9 Å². The molecule has 2 aromatic carbocycles. The molecule has 1 atom stereocenters. The van der Waals surface area contributed by atoms with Crippen LogP contribution < -0.4 is 5.32 Å². The molecule has 0 saturated heterocycles. The van der Waals surface area contributed by atoms with E-state index in [4.69, 9.17) is 0 Å². The number of carbonyl (C=O) groups is 1. The Morgan fingerprint density at radius 2 is 1.91 bits per heavy atom. The summed E-state index contributed by atoms with van der Waals surface area (Å²) in [5, 5.41) is 3.00. The van der Waals surface area contributed by atoms with Crippen LogP contribution in [-0.2, 0) is 4.79 Å². The van der Waals surface area contributed by atoms with Crippen LogP contribution in [0.2, 0.25) is 0 Å². The molecule has 0 spiro atoms. The lowest BCUT2D eigenvalue weighted by Gasteiger charge is -2.12. The number of para-hydroxylation sites is 1. The van der Waals surface area contributed by atoms with Crippen molar-refractivity contribution >= 4 is 39.2 Å². The molecule has 0 aliphatic heterocycles. The summed E-state index contributed by atoms with van der Waals surface area (Å²) in [5.41, 5.74) is 2.24. The summed E-state index contributed by atoms with van der Waals surface area (Å²) in [7, 11) is 0. The molecule has 118 valence electrons. The summed E-state index contributed by atoms with van der Waals surface area (Å²) in [4.78, 5) is 16.5. The van der Waals surface area contributed by atoms with Crippen molar-refractivity contribution in [1.29, 1.82) is 0 Å². The molecule has 0 radical (unpaired) electrons. The monoisotopic (exact) mass is 342 g/mol. The number of aromatic nitrogens is 1. The largest absolute Gasteiger partial charge is 0.355 e. The Labute approximate surface area is 144 Å². The number of fused-ring (bicyclic) bond motifs is 1. The number of carbonyl (C=O) groups excluding carboxylic acids is 1. The Bertz CT molecular complexity index is 753. The van der Waals surface area contributed by atoms with Crippen molar-refractivity contribution < 1.29 is 4.79 Å². The van der Waals surface area contributed by atoms with E-state index in [1.165, 1.54) is 17.3 Å². The maximum atomic E-state index is 12.0. The number of nitrogens with zero attached hydrogens (tertiary/aromatic N) is 1. The van der Waals surface area contributed by atoms with Gasteiger partial charge in [0.25, 0.3) is 0 Å². The first-order chi connectivity index (χ1) is 11.2. The number of benzene rings is 2. The number of hydrogen-bond donors (Lipinski definition) is 1. The SMILES string of the molecule is CC(CNC(=O)CSc1nc2ccccc2s1)c1ccccc1. The fourth-order valence-corrected chi connectivity index (χ4v) is 4.16. The first-order valence-electron chi connectivity index (χ1n) is 7.52. The number of thiazole rings is 1. The van der Waals surface area contributed by atoms with Gasteiger partial charge in [0.1, 0.15) is 0 Å². The topological polar surface area (TPSA) is 42.0 Å². The van der Waals surface area contributed by atoms with Crippen molar-refractivity contribution in [2.45, 2.75) is 17.2 Å². The quantitative estimate of drug-likeness (QED) is 0.679. The zero-order chi connectivity index (χ0) is 16.1. The minimum absolute atomic E-state index is 0.0528. The molecular formula is C18H18N2OS2. The van der Waals surface area contributed by atoms with Crippen LogP contribution in [0.1, 0.15) is 18.4 Å². The molecule has 5 heteroatoms. The van der Waals surface area contributed by atoms with Crippen LogP contribution >= 0.6 is 23.1 Å². The van der Waals surface area contributed by atoms with E-state index < -0.39 is 0 Å². The number of nitrogens with one attached hydrogen (secondary N) is 1. The van der Waals surface area contributed by atoms with Gasteiger partial charge in [0.2, 0.25) is 5.91 Å². The van der Waals surface area contributed by atoms with Gasteiger partial charge in [-0.2, -0.15) is 0 Å². The number of rotatable bonds is 6. The smallest absolute Gasteiger partial charge is 0.230 e. The summed E-state index contributed by atoms with van der Waals surface area (Å²) in [6, 6.07) is 18.3. The van der Waals surface area contributed by atoms with E-state index in [0.717, 1.165) is 14.6 Å². The van der Waals surface area contributed by atoms with Crippen LogP contribution in [-0.4, -0.2) is 23.2 Å². The lowest BCUT2D eigenvalue weighted by Crippen LogP contribution is -2.28. The number of hydrogen-bond acceptors (Lipinski definition) is 4. The Kier molecular flexibility index (Phi) is 5.31. The van der Waals surface area contributed by atoms with E-state index in [-0.39, 0.29) is 5.91 Å². The van der Waals surface area contributed by atoms with Crippen LogP contribution in [0.3, 0.4) is 0 Å². The standard InChI is InChI=1S/C18H18N2OS2/c1-13(14-7-3-2-4-8-14)11-19-17(21)12-22-18-20-15-9-5-6-10-16(15)23-18/h2-10,13H,11-12H2,1H3,(H,19,21). The number of amides is 1. The van der Waals surface area contributed by atoms with Crippen LogP contribution in [0.4, 0.5) is 0 Å². The third-order valence-electron chi connectivity index (χ3n) is 3.58. The molecule has 23 heavy (non-hydrogen) atoms.